The van der Waals surface area contributed by atoms with E-state index >= 15 is 0 Å². The number of rotatable bonds is 3. The molecule has 92 valence electrons. The molecular formula is C13H17NO3. The molecule has 17 heavy (non-hydrogen) atoms. The highest BCUT2D eigenvalue weighted by molar-refractivity contribution is 5.81. The summed E-state index contributed by atoms with van der Waals surface area (Å²) in [6.45, 7) is 0.432. The van der Waals surface area contributed by atoms with E-state index in [2.05, 4.69) is 5.32 Å². The van der Waals surface area contributed by atoms with Gasteiger partial charge < -0.3 is 9.84 Å². The maximum absolute atomic E-state index is 11.9. The molecule has 1 aromatic carbocycles. The van der Waals surface area contributed by atoms with Gasteiger partial charge in [-0.25, -0.2) is 0 Å². The number of hydrogen-bond acceptors (Lipinski definition) is 4. The number of aliphatic hydroxyl groups is 1. The van der Waals surface area contributed by atoms with E-state index in [0.717, 1.165) is 5.56 Å². The Morgan fingerprint density at radius 3 is 2.76 bits per heavy atom. The molecule has 4 heteroatoms. The van der Waals surface area contributed by atoms with E-state index in [1.165, 1.54) is 7.11 Å². The maximum atomic E-state index is 11.9. The zero-order valence-corrected chi connectivity index (χ0v) is 9.85. The Morgan fingerprint density at radius 1 is 1.53 bits per heavy atom. The van der Waals surface area contributed by atoms with Gasteiger partial charge in [0.2, 0.25) is 0 Å². The third kappa shape index (κ3) is 2.48. The molecule has 2 rings (SSSR count). The van der Waals surface area contributed by atoms with Crippen molar-refractivity contribution in [3.8, 4) is 0 Å². The van der Waals surface area contributed by atoms with Crippen LogP contribution in [0.3, 0.4) is 0 Å². The second-order valence-corrected chi connectivity index (χ2v) is 4.47. The van der Waals surface area contributed by atoms with Gasteiger partial charge in [0.1, 0.15) is 5.54 Å². The molecule has 0 spiro atoms. The summed E-state index contributed by atoms with van der Waals surface area (Å²) < 4.78 is 4.85. The fraction of sp³-hybridized carbons (Fsp3) is 0.462. The standard InChI is InChI=1S/C13H17NO3/c1-17-12(16)13(8-11(15)9-14-13)7-10-5-3-2-4-6-10/h2-6,11,14-15H,7-9H2,1H3/t11?,13-/m0/s1. The zero-order valence-electron chi connectivity index (χ0n) is 9.85. The van der Waals surface area contributed by atoms with Crippen LogP contribution in [0.25, 0.3) is 0 Å². The molecule has 1 fully saturated rings. The predicted molar refractivity (Wildman–Crippen MR) is 63.5 cm³/mol. The summed E-state index contributed by atoms with van der Waals surface area (Å²) >= 11 is 0. The minimum absolute atomic E-state index is 0.307. The van der Waals surface area contributed by atoms with Gasteiger partial charge in [0, 0.05) is 19.4 Å². The van der Waals surface area contributed by atoms with Crippen molar-refractivity contribution in [2.75, 3.05) is 13.7 Å². The summed E-state index contributed by atoms with van der Waals surface area (Å²) in [6.07, 6.45) is 0.449. The Balaban J connectivity index is 2.20. The van der Waals surface area contributed by atoms with E-state index in [9.17, 15) is 9.90 Å². The van der Waals surface area contributed by atoms with Crippen LogP contribution in [0, 0.1) is 0 Å². The normalized spacial score (nSPS) is 28.0. The summed E-state index contributed by atoms with van der Waals surface area (Å²) in [5.41, 5.74) is 0.273. The minimum Gasteiger partial charge on any atom is -0.468 e. The van der Waals surface area contributed by atoms with Crippen LogP contribution < -0.4 is 5.32 Å². The SMILES string of the molecule is COC(=O)[C@]1(Cc2ccccc2)CC(O)CN1. The number of benzene rings is 1. The highest BCUT2D eigenvalue weighted by Crippen LogP contribution is 2.25. The van der Waals surface area contributed by atoms with Crippen LogP contribution in [0.1, 0.15) is 12.0 Å². The number of aliphatic hydroxyl groups excluding tert-OH is 1. The molecule has 0 amide bonds. The van der Waals surface area contributed by atoms with Gasteiger partial charge in [0.25, 0.3) is 0 Å². The molecule has 0 aromatic heterocycles. The first kappa shape index (κ1) is 12.1. The molecule has 0 saturated carbocycles. The molecule has 1 aromatic rings. The highest BCUT2D eigenvalue weighted by atomic mass is 16.5. The van der Waals surface area contributed by atoms with Crippen LogP contribution >= 0.6 is 0 Å². The quantitative estimate of drug-likeness (QED) is 0.749. The Morgan fingerprint density at radius 2 is 2.24 bits per heavy atom. The summed E-state index contributed by atoms with van der Waals surface area (Å²) in [7, 11) is 1.38. The van der Waals surface area contributed by atoms with Gasteiger partial charge in [-0.2, -0.15) is 0 Å². The fourth-order valence-corrected chi connectivity index (χ4v) is 2.36. The molecule has 0 radical (unpaired) electrons. The molecule has 1 saturated heterocycles. The summed E-state index contributed by atoms with van der Waals surface area (Å²) in [5, 5.41) is 12.7. The first-order valence-electron chi connectivity index (χ1n) is 5.72. The number of carbonyl (C=O) groups excluding carboxylic acids is 1. The maximum Gasteiger partial charge on any atom is 0.326 e. The Labute approximate surface area is 101 Å². The molecule has 2 N–H and O–H groups in total. The van der Waals surface area contributed by atoms with Crippen LogP contribution in [0.15, 0.2) is 30.3 Å². The lowest BCUT2D eigenvalue weighted by atomic mass is 9.89. The van der Waals surface area contributed by atoms with Crippen molar-refractivity contribution in [2.24, 2.45) is 0 Å². The number of ether oxygens (including phenoxy) is 1. The second kappa shape index (κ2) is 4.85. The predicted octanol–water partition coefficient (Wildman–Crippen LogP) is 0.495. The summed E-state index contributed by atoms with van der Waals surface area (Å²) in [6, 6.07) is 9.75. The van der Waals surface area contributed by atoms with Gasteiger partial charge in [-0.3, -0.25) is 10.1 Å². The Hall–Kier alpha value is -1.39. The van der Waals surface area contributed by atoms with E-state index in [1.807, 2.05) is 30.3 Å². The number of nitrogens with one attached hydrogen (secondary N) is 1. The number of β-amino-alcohol motifs (C(OH)–C–C–N with tert-alkyl or cyclic N) is 1. The largest absolute Gasteiger partial charge is 0.468 e. The smallest absolute Gasteiger partial charge is 0.326 e. The molecule has 2 atom stereocenters. The first-order valence-corrected chi connectivity index (χ1v) is 5.72. The van der Waals surface area contributed by atoms with Crippen LogP contribution in [0.5, 0.6) is 0 Å². The monoisotopic (exact) mass is 235 g/mol. The zero-order chi connectivity index (χ0) is 12.3. The van der Waals surface area contributed by atoms with Gasteiger partial charge in [0.15, 0.2) is 0 Å². The lowest BCUT2D eigenvalue weighted by Crippen LogP contribution is -2.50. The molecule has 1 aliphatic rings. The van der Waals surface area contributed by atoms with Crippen LogP contribution in [-0.4, -0.2) is 36.4 Å². The van der Waals surface area contributed by atoms with E-state index in [4.69, 9.17) is 4.74 Å². The van der Waals surface area contributed by atoms with Crippen molar-refractivity contribution in [1.82, 2.24) is 5.32 Å². The van der Waals surface area contributed by atoms with E-state index in [1.54, 1.807) is 0 Å². The van der Waals surface area contributed by atoms with Gasteiger partial charge in [0.05, 0.1) is 13.2 Å². The van der Waals surface area contributed by atoms with Crippen molar-refractivity contribution in [3.05, 3.63) is 35.9 Å². The molecule has 1 heterocycles. The van der Waals surface area contributed by atoms with Crippen LogP contribution in [0.2, 0.25) is 0 Å². The fourth-order valence-electron chi connectivity index (χ4n) is 2.36. The molecular weight excluding hydrogens is 218 g/mol. The third-order valence-corrected chi connectivity index (χ3v) is 3.19. The van der Waals surface area contributed by atoms with Crippen LogP contribution in [-0.2, 0) is 16.0 Å². The van der Waals surface area contributed by atoms with Crippen molar-refractivity contribution in [1.29, 1.82) is 0 Å². The van der Waals surface area contributed by atoms with E-state index in [-0.39, 0.29) is 5.97 Å². The average molecular weight is 235 g/mol. The van der Waals surface area contributed by atoms with Gasteiger partial charge in [-0.15, -0.1) is 0 Å². The number of methoxy groups -OCH3 is 1. The molecule has 0 aliphatic carbocycles. The Bertz CT molecular complexity index is 393. The van der Waals surface area contributed by atoms with Crippen molar-refractivity contribution < 1.29 is 14.6 Å². The van der Waals surface area contributed by atoms with Crippen LogP contribution in [0.4, 0.5) is 0 Å². The average Bonchev–Trinajstić information content (AvgIpc) is 2.72. The van der Waals surface area contributed by atoms with E-state index < -0.39 is 11.6 Å². The molecule has 1 unspecified atom stereocenters. The topological polar surface area (TPSA) is 58.6 Å². The van der Waals surface area contributed by atoms with E-state index in [0.29, 0.717) is 19.4 Å². The second-order valence-electron chi connectivity index (χ2n) is 4.47. The lowest BCUT2D eigenvalue weighted by Gasteiger charge is -2.26. The number of hydrogen-bond donors (Lipinski definition) is 2. The molecule has 1 aliphatic heterocycles. The molecule has 4 nitrogen and oxygen atoms in total. The van der Waals surface area contributed by atoms with Crippen molar-refractivity contribution >= 4 is 5.97 Å². The minimum atomic E-state index is -0.782. The summed E-state index contributed by atoms with van der Waals surface area (Å²) in [4.78, 5) is 11.9. The molecule has 0 bridgehead atoms. The first-order chi connectivity index (χ1) is 8.16. The number of esters is 1. The third-order valence-electron chi connectivity index (χ3n) is 3.19. The van der Waals surface area contributed by atoms with Gasteiger partial charge in [-0.05, 0) is 5.56 Å². The van der Waals surface area contributed by atoms with Gasteiger partial charge in [-0.1, -0.05) is 30.3 Å². The Kier molecular flexibility index (Phi) is 3.45. The summed E-state index contributed by atoms with van der Waals surface area (Å²) in [5.74, 6) is -0.307. The number of carbonyl (C=O) groups is 1. The van der Waals surface area contributed by atoms with Crippen molar-refractivity contribution in [2.45, 2.75) is 24.5 Å². The van der Waals surface area contributed by atoms with Crippen molar-refractivity contribution in [3.63, 3.8) is 0 Å². The van der Waals surface area contributed by atoms with Gasteiger partial charge >= 0.3 is 5.97 Å². The lowest BCUT2D eigenvalue weighted by molar-refractivity contribution is -0.148. The highest BCUT2D eigenvalue weighted by Gasteiger charge is 2.45.